The molecule has 6 heteroatoms. The summed E-state index contributed by atoms with van der Waals surface area (Å²) in [5.41, 5.74) is 0. The third-order valence-corrected chi connectivity index (χ3v) is 4.75. The van der Waals surface area contributed by atoms with E-state index in [0.717, 1.165) is 59.0 Å². The lowest BCUT2D eigenvalue weighted by atomic mass is 9.96. The number of aliphatic hydroxyl groups is 1. The first-order chi connectivity index (χ1) is 10.8. The average Bonchev–Trinajstić information content (AvgIpc) is 3.03. The van der Waals surface area contributed by atoms with Crippen molar-refractivity contribution in [3.05, 3.63) is 18.5 Å². The number of nitrogens with zero attached hydrogens (tertiary/aromatic N) is 4. The third-order valence-electron chi connectivity index (χ3n) is 4.75. The van der Waals surface area contributed by atoms with E-state index in [4.69, 9.17) is 4.74 Å². The number of rotatable bonds is 6. The fourth-order valence-electron chi connectivity index (χ4n) is 3.46. The Morgan fingerprint density at radius 1 is 1.09 bits per heavy atom. The molecule has 1 unspecified atom stereocenters. The molecule has 0 aromatic carbocycles. The number of β-amino-alcohol motifs (C(OH)–C–C–N with tert-alkyl or cyclic N) is 1. The van der Waals surface area contributed by atoms with Crippen molar-refractivity contribution < 1.29 is 9.84 Å². The Morgan fingerprint density at radius 3 is 2.41 bits per heavy atom. The van der Waals surface area contributed by atoms with Crippen LogP contribution in [0.4, 0.5) is 0 Å². The first-order valence-electron chi connectivity index (χ1n) is 8.47. The van der Waals surface area contributed by atoms with Crippen LogP contribution in [0, 0.1) is 5.92 Å². The average molecular weight is 308 g/mol. The van der Waals surface area contributed by atoms with E-state index in [1.807, 2.05) is 23.1 Å². The van der Waals surface area contributed by atoms with Crippen molar-refractivity contribution in [2.24, 2.45) is 5.92 Å². The summed E-state index contributed by atoms with van der Waals surface area (Å²) in [4.78, 5) is 4.71. The topological polar surface area (TPSA) is 53.8 Å². The van der Waals surface area contributed by atoms with Crippen LogP contribution < -0.4 is 0 Å². The van der Waals surface area contributed by atoms with Crippen LogP contribution in [0.15, 0.2) is 18.5 Å². The normalized spacial score (nSPS) is 23.7. The fraction of sp³-hybridized carbons (Fsp3) is 0.812. The predicted octanol–water partition coefficient (Wildman–Crippen LogP) is 0.288. The maximum absolute atomic E-state index is 10.3. The number of aliphatic hydroxyl groups excluding tert-OH is 1. The molecule has 1 N–H and O–H groups in total. The van der Waals surface area contributed by atoms with Crippen molar-refractivity contribution in [3.63, 3.8) is 0 Å². The molecule has 0 aliphatic carbocycles. The molecular weight excluding hydrogens is 280 g/mol. The van der Waals surface area contributed by atoms with Gasteiger partial charge in [-0.15, -0.1) is 0 Å². The van der Waals surface area contributed by atoms with Crippen LogP contribution in [0.1, 0.15) is 12.8 Å². The van der Waals surface area contributed by atoms with Crippen molar-refractivity contribution in [1.29, 1.82) is 0 Å². The summed E-state index contributed by atoms with van der Waals surface area (Å²) >= 11 is 0. The van der Waals surface area contributed by atoms with E-state index >= 15 is 0 Å². The molecule has 3 rings (SSSR count). The molecule has 0 bridgehead atoms. The smallest absolute Gasteiger partial charge is 0.0793 e. The van der Waals surface area contributed by atoms with Gasteiger partial charge in [0.15, 0.2) is 0 Å². The highest BCUT2D eigenvalue weighted by Crippen LogP contribution is 2.19. The lowest BCUT2D eigenvalue weighted by Gasteiger charge is -2.35. The molecule has 2 aliphatic rings. The van der Waals surface area contributed by atoms with E-state index in [0.29, 0.717) is 5.92 Å². The van der Waals surface area contributed by atoms with E-state index < -0.39 is 0 Å². The summed E-state index contributed by atoms with van der Waals surface area (Å²) in [7, 11) is 0. The van der Waals surface area contributed by atoms with Gasteiger partial charge in [0.2, 0.25) is 0 Å². The molecule has 0 radical (unpaired) electrons. The highest BCUT2D eigenvalue weighted by atomic mass is 16.5. The van der Waals surface area contributed by atoms with Gasteiger partial charge in [0.1, 0.15) is 0 Å². The zero-order chi connectivity index (χ0) is 15.2. The Hall–Kier alpha value is -0.950. The zero-order valence-electron chi connectivity index (χ0n) is 13.3. The molecule has 6 nitrogen and oxygen atoms in total. The van der Waals surface area contributed by atoms with E-state index in [1.54, 1.807) is 0 Å². The van der Waals surface area contributed by atoms with Gasteiger partial charge in [0, 0.05) is 45.1 Å². The van der Waals surface area contributed by atoms with Crippen molar-refractivity contribution in [3.8, 4) is 0 Å². The largest absolute Gasteiger partial charge is 0.390 e. The van der Waals surface area contributed by atoms with Crippen LogP contribution in [0.3, 0.4) is 0 Å². The van der Waals surface area contributed by atoms with Crippen molar-refractivity contribution in [1.82, 2.24) is 19.6 Å². The first-order valence-corrected chi connectivity index (χ1v) is 8.47. The minimum Gasteiger partial charge on any atom is -0.390 e. The SMILES string of the molecule is OC(CN1CCOCC1)CN1CCC(Cn2cccn2)CC1. The van der Waals surface area contributed by atoms with Gasteiger partial charge in [-0.1, -0.05) is 0 Å². The Labute approximate surface area is 132 Å². The standard InChI is InChI=1S/C16H28N4O2/c21-16(14-19-8-10-22-11-9-19)13-18-6-2-15(3-7-18)12-20-5-1-4-17-20/h1,4-5,15-16,21H,2-3,6-14H2. The summed E-state index contributed by atoms with van der Waals surface area (Å²) in [5.74, 6) is 0.715. The summed E-state index contributed by atoms with van der Waals surface area (Å²) in [6.07, 6.45) is 6.03. The molecule has 124 valence electrons. The number of morpholine rings is 1. The first kappa shape index (κ1) is 15.9. The Kier molecular flexibility index (Phi) is 5.83. The summed E-state index contributed by atoms with van der Waals surface area (Å²) in [5, 5.41) is 14.6. The number of hydrogen-bond donors (Lipinski definition) is 1. The summed E-state index contributed by atoms with van der Waals surface area (Å²) in [6.45, 7) is 8.26. The molecule has 3 heterocycles. The van der Waals surface area contributed by atoms with Crippen molar-refractivity contribution in [2.45, 2.75) is 25.5 Å². The van der Waals surface area contributed by atoms with Crippen LogP contribution in [0.25, 0.3) is 0 Å². The van der Waals surface area contributed by atoms with Crippen LogP contribution in [0.5, 0.6) is 0 Å². The lowest BCUT2D eigenvalue weighted by molar-refractivity contribution is 0.00388. The minimum atomic E-state index is -0.249. The Morgan fingerprint density at radius 2 is 1.77 bits per heavy atom. The maximum atomic E-state index is 10.3. The zero-order valence-corrected chi connectivity index (χ0v) is 13.3. The van der Waals surface area contributed by atoms with Crippen molar-refractivity contribution in [2.75, 3.05) is 52.5 Å². The van der Waals surface area contributed by atoms with Gasteiger partial charge < -0.3 is 14.7 Å². The summed E-state index contributed by atoms with van der Waals surface area (Å²) in [6, 6.07) is 1.98. The summed E-state index contributed by atoms with van der Waals surface area (Å²) < 4.78 is 7.38. The van der Waals surface area contributed by atoms with Gasteiger partial charge in [-0.3, -0.25) is 9.58 Å². The molecule has 0 saturated carbocycles. The molecule has 2 fully saturated rings. The van der Waals surface area contributed by atoms with Gasteiger partial charge >= 0.3 is 0 Å². The van der Waals surface area contributed by atoms with Gasteiger partial charge in [-0.05, 0) is 37.9 Å². The number of piperidine rings is 1. The predicted molar refractivity (Wildman–Crippen MR) is 84.7 cm³/mol. The van der Waals surface area contributed by atoms with Crippen molar-refractivity contribution >= 4 is 0 Å². The number of likely N-dealkylation sites (tertiary alicyclic amines) is 1. The second-order valence-corrected chi connectivity index (χ2v) is 6.54. The Balaban J connectivity index is 1.34. The number of aromatic nitrogens is 2. The minimum absolute atomic E-state index is 0.249. The van der Waals surface area contributed by atoms with Crippen LogP contribution in [-0.4, -0.2) is 83.3 Å². The molecule has 0 amide bonds. The van der Waals surface area contributed by atoms with Gasteiger partial charge in [0.05, 0.1) is 19.3 Å². The van der Waals surface area contributed by atoms with E-state index in [1.165, 1.54) is 12.8 Å². The van der Waals surface area contributed by atoms with E-state index in [9.17, 15) is 5.11 Å². The van der Waals surface area contributed by atoms with E-state index in [2.05, 4.69) is 14.9 Å². The number of hydrogen-bond acceptors (Lipinski definition) is 5. The molecule has 22 heavy (non-hydrogen) atoms. The molecule has 2 aliphatic heterocycles. The van der Waals surface area contributed by atoms with Crippen LogP contribution in [0.2, 0.25) is 0 Å². The highest BCUT2D eigenvalue weighted by Gasteiger charge is 2.22. The van der Waals surface area contributed by atoms with E-state index in [-0.39, 0.29) is 6.10 Å². The molecule has 1 aromatic rings. The maximum Gasteiger partial charge on any atom is 0.0793 e. The molecular formula is C16H28N4O2. The van der Waals surface area contributed by atoms with Crippen LogP contribution >= 0.6 is 0 Å². The Bertz CT molecular complexity index is 412. The fourth-order valence-corrected chi connectivity index (χ4v) is 3.46. The second-order valence-electron chi connectivity index (χ2n) is 6.54. The molecule has 1 atom stereocenters. The quantitative estimate of drug-likeness (QED) is 0.818. The molecule has 2 saturated heterocycles. The highest BCUT2D eigenvalue weighted by molar-refractivity contribution is 4.81. The number of ether oxygens (including phenoxy) is 1. The third kappa shape index (κ3) is 4.78. The van der Waals surface area contributed by atoms with Gasteiger partial charge in [0.25, 0.3) is 0 Å². The molecule has 0 spiro atoms. The van der Waals surface area contributed by atoms with Gasteiger partial charge in [-0.25, -0.2) is 0 Å². The molecule has 1 aromatic heterocycles. The second kappa shape index (κ2) is 8.06. The van der Waals surface area contributed by atoms with Gasteiger partial charge in [-0.2, -0.15) is 5.10 Å². The monoisotopic (exact) mass is 308 g/mol. The van der Waals surface area contributed by atoms with Crippen LogP contribution in [-0.2, 0) is 11.3 Å². The lowest BCUT2D eigenvalue weighted by Crippen LogP contribution is -2.46.